The fraction of sp³-hybridized carbons (Fsp3) is 0.393. The van der Waals surface area contributed by atoms with E-state index < -0.39 is 78.4 Å². The first-order valence-electron chi connectivity index (χ1n) is 12.6. The fourth-order valence-corrected chi connectivity index (χ4v) is 4.34. The number of esters is 4. The van der Waals surface area contributed by atoms with Crippen LogP contribution in [0.4, 0.5) is 5.69 Å². The molecule has 1 aliphatic heterocycles. The fourth-order valence-electron chi connectivity index (χ4n) is 4.34. The van der Waals surface area contributed by atoms with E-state index >= 15 is 0 Å². The van der Waals surface area contributed by atoms with Crippen molar-refractivity contribution in [3.05, 3.63) is 47.5 Å². The van der Waals surface area contributed by atoms with Gasteiger partial charge in [0.2, 0.25) is 0 Å². The van der Waals surface area contributed by atoms with Gasteiger partial charge in [-0.15, -0.1) is 0 Å². The standard InChI is InChI=1S/C28H31NO13/c1-13(30)38-12-23-25(39-14(2)31)27(41-16(4)33)26(40-15(3)32)24(42-23)19-10-22(35)20(11-21(19)34)29-28(36)17-6-8-18(37-5)9-7-17/h6-11,23-27,34-35H,12H2,1-5H3,(H,29,36)/t23-,24+,25-,26+,27+/m1/s1. The van der Waals surface area contributed by atoms with Crippen LogP contribution in [0.2, 0.25) is 0 Å². The number of amides is 1. The molecule has 0 bridgehead atoms. The number of carbonyl (C=O) groups is 5. The van der Waals surface area contributed by atoms with Gasteiger partial charge in [-0.05, 0) is 30.3 Å². The second kappa shape index (κ2) is 13.7. The van der Waals surface area contributed by atoms with E-state index in [2.05, 4.69) is 5.32 Å². The Morgan fingerprint density at radius 2 is 1.36 bits per heavy atom. The second-order valence-electron chi connectivity index (χ2n) is 9.23. The van der Waals surface area contributed by atoms with Crippen LogP contribution in [0.25, 0.3) is 0 Å². The monoisotopic (exact) mass is 589 g/mol. The Balaban J connectivity index is 2.03. The SMILES string of the molecule is COc1ccc(C(=O)Nc2cc(O)c([C@@H]3O[C@H](COC(C)=O)[C@@H](OC(C)=O)[C@H](OC(C)=O)[C@H]3OC(C)=O)cc2O)cc1. The van der Waals surface area contributed by atoms with Gasteiger partial charge in [0.05, 0.1) is 12.8 Å². The van der Waals surface area contributed by atoms with Crippen molar-refractivity contribution in [3.63, 3.8) is 0 Å². The maximum absolute atomic E-state index is 12.7. The molecule has 0 aliphatic carbocycles. The lowest BCUT2D eigenvalue weighted by molar-refractivity contribution is -0.254. The summed E-state index contributed by atoms with van der Waals surface area (Å²) in [6, 6.07) is 8.23. The highest BCUT2D eigenvalue weighted by atomic mass is 16.7. The molecule has 1 saturated heterocycles. The van der Waals surface area contributed by atoms with Gasteiger partial charge in [-0.1, -0.05) is 0 Å². The number of hydrogen-bond acceptors (Lipinski definition) is 13. The lowest BCUT2D eigenvalue weighted by Crippen LogP contribution is -2.59. The molecule has 1 heterocycles. The molecule has 0 unspecified atom stereocenters. The molecule has 1 aliphatic rings. The van der Waals surface area contributed by atoms with Gasteiger partial charge in [0.1, 0.15) is 36.1 Å². The molecule has 226 valence electrons. The van der Waals surface area contributed by atoms with Crippen LogP contribution < -0.4 is 10.1 Å². The summed E-state index contributed by atoms with van der Waals surface area (Å²) in [5, 5.41) is 24.2. The highest BCUT2D eigenvalue weighted by molar-refractivity contribution is 6.05. The minimum Gasteiger partial charge on any atom is -0.507 e. The third-order valence-corrected chi connectivity index (χ3v) is 6.04. The number of aromatic hydroxyl groups is 2. The molecule has 14 heteroatoms. The van der Waals surface area contributed by atoms with Crippen LogP contribution in [-0.4, -0.2) is 78.1 Å². The van der Waals surface area contributed by atoms with Crippen LogP contribution >= 0.6 is 0 Å². The van der Waals surface area contributed by atoms with Crippen LogP contribution in [-0.2, 0) is 42.9 Å². The van der Waals surface area contributed by atoms with Crippen molar-refractivity contribution in [2.45, 2.75) is 58.2 Å². The average molecular weight is 590 g/mol. The zero-order valence-corrected chi connectivity index (χ0v) is 23.4. The van der Waals surface area contributed by atoms with E-state index in [1.807, 2.05) is 0 Å². The molecule has 5 atom stereocenters. The number of methoxy groups -OCH3 is 1. The summed E-state index contributed by atoms with van der Waals surface area (Å²) in [7, 11) is 1.48. The van der Waals surface area contributed by atoms with E-state index in [-0.39, 0.29) is 16.8 Å². The highest BCUT2D eigenvalue weighted by Gasteiger charge is 2.53. The maximum Gasteiger partial charge on any atom is 0.303 e. The number of phenolic OH excluding ortho intramolecular Hbond substituents is 2. The number of hydrogen-bond donors (Lipinski definition) is 3. The minimum absolute atomic E-state index is 0.146. The minimum atomic E-state index is -1.51. The summed E-state index contributed by atoms with van der Waals surface area (Å²) >= 11 is 0. The first-order valence-corrected chi connectivity index (χ1v) is 12.6. The molecule has 1 amide bonds. The Morgan fingerprint density at radius 1 is 0.786 bits per heavy atom. The number of carbonyl (C=O) groups excluding carboxylic acids is 5. The molecule has 2 aromatic rings. The van der Waals surface area contributed by atoms with Crippen molar-refractivity contribution in [1.29, 1.82) is 0 Å². The van der Waals surface area contributed by atoms with Crippen molar-refractivity contribution < 1.29 is 62.6 Å². The molecular formula is C28H31NO13. The van der Waals surface area contributed by atoms with Crippen molar-refractivity contribution in [2.75, 3.05) is 19.0 Å². The lowest BCUT2D eigenvalue weighted by atomic mass is 9.89. The van der Waals surface area contributed by atoms with Gasteiger partial charge in [0.25, 0.3) is 5.91 Å². The first kappa shape index (κ1) is 31.7. The molecule has 1 fully saturated rings. The van der Waals surface area contributed by atoms with Gasteiger partial charge >= 0.3 is 23.9 Å². The molecule has 42 heavy (non-hydrogen) atoms. The summed E-state index contributed by atoms with van der Waals surface area (Å²) in [5.74, 6) is -4.25. The number of rotatable bonds is 9. The van der Waals surface area contributed by atoms with Gasteiger partial charge < -0.3 is 44.0 Å². The zero-order chi connectivity index (χ0) is 31.1. The van der Waals surface area contributed by atoms with Gasteiger partial charge in [-0.2, -0.15) is 0 Å². The van der Waals surface area contributed by atoms with E-state index in [0.29, 0.717) is 5.75 Å². The van der Waals surface area contributed by atoms with Crippen LogP contribution in [0.5, 0.6) is 17.2 Å². The second-order valence-corrected chi connectivity index (χ2v) is 9.23. The van der Waals surface area contributed by atoms with E-state index in [9.17, 15) is 34.2 Å². The molecule has 3 rings (SSSR count). The topological polar surface area (TPSA) is 193 Å². The largest absolute Gasteiger partial charge is 0.507 e. The van der Waals surface area contributed by atoms with Gasteiger partial charge in [0.15, 0.2) is 18.3 Å². The smallest absolute Gasteiger partial charge is 0.303 e. The normalized spacial score (nSPS) is 21.4. The molecule has 0 spiro atoms. The molecule has 0 saturated carbocycles. The molecule has 3 N–H and O–H groups in total. The Kier molecular flexibility index (Phi) is 10.3. The average Bonchev–Trinajstić information content (AvgIpc) is 2.91. The third-order valence-electron chi connectivity index (χ3n) is 6.04. The van der Waals surface area contributed by atoms with Crippen LogP contribution in [0, 0.1) is 0 Å². The number of anilines is 1. The molecule has 14 nitrogen and oxygen atoms in total. The predicted molar refractivity (Wildman–Crippen MR) is 142 cm³/mol. The van der Waals surface area contributed by atoms with Gasteiger partial charge in [-0.25, -0.2) is 0 Å². The Labute approximate surface area is 240 Å². The molecule has 2 aromatic carbocycles. The molecular weight excluding hydrogens is 558 g/mol. The van der Waals surface area contributed by atoms with Crippen molar-refractivity contribution in [1.82, 2.24) is 0 Å². The van der Waals surface area contributed by atoms with E-state index in [0.717, 1.165) is 39.8 Å². The number of ether oxygens (including phenoxy) is 6. The van der Waals surface area contributed by atoms with E-state index in [1.165, 1.54) is 19.2 Å². The van der Waals surface area contributed by atoms with E-state index in [1.54, 1.807) is 12.1 Å². The summed E-state index contributed by atoms with van der Waals surface area (Å²) in [6.07, 6.45) is -7.09. The van der Waals surface area contributed by atoms with Crippen molar-refractivity contribution >= 4 is 35.5 Å². The van der Waals surface area contributed by atoms with Crippen LogP contribution in [0.1, 0.15) is 49.7 Å². The summed E-state index contributed by atoms with van der Waals surface area (Å²) in [4.78, 5) is 60.3. The molecule has 0 radical (unpaired) electrons. The van der Waals surface area contributed by atoms with Gasteiger partial charge in [-0.3, -0.25) is 24.0 Å². The summed E-state index contributed by atoms with van der Waals surface area (Å²) in [5.41, 5.74) is -0.0755. The lowest BCUT2D eigenvalue weighted by Gasteiger charge is -2.44. The quantitative estimate of drug-likeness (QED) is 0.167. The summed E-state index contributed by atoms with van der Waals surface area (Å²) in [6.45, 7) is 3.89. The number of phenols is 2. The predicted octanol–water partition coefficient (Wildman–Crippen LogP) is 2.16. The maximum atomic E-state index is 12.7. The molecule has 0 aromatic heterocycles. The summed E-state index contributed by atoms with van der Waals surface area (Å²) < 4.78 is 32.3. The van der Waals surface area contributed by atoms with Crippen molar-refractivity contribution in [3.8, 4) is 17.2 Å². The zero-order valence-electron chi connectivity index (χ0n) is 23.4. The highest BCUT2D eigenvalue weighted by Crippen LogP contribution is 2.43. The van der Waals surface area contributed by atoms with Crippen LogP contribution in [0.15, 0.2) is 36.4 Å². The first-order chi connectivity index (χ1) is 19.8. The Bertz CT molecular complexity index is 1340. The number of benzene rings is 2. The van der Waals surface area contributed by atoms with E-state index in [4.69, 9.17) is 28.4 Å². The van der Waals surface area contributed by atoms with Crippen LogP contribution in [0.3, 0.4) is 0 Å². The Morgan fingerprint density at radius 3 is 1.90 bits per heavy atom. The van der Waals surface area contributed by atoms with Gasteiger partial charge in [0, 0.05) is 44.9 Å². The third kappa shape index (κ3) is 7.87. The number of nitrogens with one attached hydrogen (secondary N) is 1. The Hall–Kier alpha value is -4.85. The van der Waals surface area contributed by atoms with Crippen molar-refractivity contribution in [2.24, 2.45) is 0 Å².